The van der Waals surface area contributed by atoms with Crippen LogP contribution in [0.25, 0.3) is 0 Å². The molecule has 9 heteroatoms. The molecule has 3 aromatic heterocycles. The molecule has 1 aliphatic heterocycles. The number of piperidine rings is 1. The van der Waals surface area contributed by atoms with Crippen molar-refractivity contribution >= 4 is 5.95 Å². The quantitative estimate of drug-likeness (QED) is 0.666. The fourth-order valence-corrected chi connectivity index (χ4v) is 3.77. The summed E-state index contributed by atoms with van der Waals surface area (Å²) in [5.74, 6) is 3.10. The van der Waals surface area contributed by atoms with Crippen molar-refractivity contribution in [3.05, 3.63) is 48.3 Å². The maximum absolute atomic E-state index is 4.51. The molecule has 3 aromatic rings. The Kier molecular flexibility index (Phi) is 5.61. The average molecular weight is 381 g/mol. The van der Waals surface area contributed by atoms with Gasteiger partial charge in [-0.15, -0.1) is 10.2 Å². The van der Waals surface area contributed by atoms with Gasteiger partial charge in [0, 0.05) is 63.0 Å². The first-order valence-electron chi connectivity index (χ1n) is 9.84. The third-order valence-corrected chi connectivity index (χ3v) is 5.20. The van der Waals surface area contributed by atoms with Crippen molar-refractivity contribution in [2.45, 2.75) is 38.8 Å². The van der Waals surface area contributed by atoms with Crippen LogP contribution < -0.4 is 5.32 Å². The van der Waals surface area contributed by atoms with Gasteiger partial charge in [0.25, 0.3) is 0 Å². The minimum atomic E-state index is 0.393. The molecule has 1 atom stereocenters. The predicted octanol–water partition coefficient (Wildman–Crippen LogP) is 1.66. The van der Waals surface area contributed by atoms with Gasteiger partial charge in [-0.05, 0) is 26.3 Å². The van der Waals surface area contributed by atoms with Gasteiger partial charge in [-0.1, -0.05) is 0 Å². The highest BCUT2D eigenvalue weighted by Crippen LogP contribution is 2.26. The van der Waals surface area contributed by atoms with E-state index in [1.54, 1.807) is 12.5 Å². The summed E-state index contributed by atoms with van der Waals surface area (Å²) in [5.41, 5.74) is 1.14. The highest BCUT2D eigenvalue weighted by Gasteiger charge is 2.26. The van der Waals surface area contributed by atoms with Crippen molar-refractivity contribution in [3.8, 4) is 0 Å². The second-order valence-corrected chi connectivity index (χ2v) is 7.29. The van der Waals surface area contributed by atoms with Gasteiger partial charge in [-0.2, -0.15) is 0 Å². The topological polar surface area (TPSA) is 89.6 Å². The van der Waals surface area contributed by atoms with E-state index in [4.69, 9.17) is 0 Å². The van der Waals surface area contributed by atoms with Gasteiger partial charge in [-0.25, -0.2) is 15.0 Å². The highest BCUT2D eigenvalue weighted by atomic mass is 15.3. The molecule has 1 fully saturated rings. The van der Waals surface area contributed by atoms with Crippen LogP contribution >= 0.6 is 0 Å². The molecular formula is C19H27N9. The minimum Gasteiger partial charge on any atom is -0.355 e. The predicted molar refractivity (Wildman–Crippen MR) is 106 cm³/mol. The Morgan fingerprint density at radius 1 is 1.18 bits per heavy atom. The number of rotatable bonds is 7. The summed E-state index contributed by atoms with van der Waals surface area (Å²) in [5, 5.41) is 12.1. The fourth-order valence-electron chi connectivity index (χ4n) is 3.77. The first-order valence-corrected chi connectivity index (χ1v) is 9.84. The lowest BCUT2D eigenvalue weighted by Gasteiger charge is -2.32. The van der Waals surface area contributed by atoms with Crippen LogP contribution in [0.5, 0.6) is 0 Å². The third-order valence-electron chi connectivity index (χ3n) is 5.20. The number of nitrogens with zero attached hydrogens (tertiary/aromatic N) is 8. The minimum absolute atomic E-state index is 0.393. The van der Waals surface area contributed by atoms with E-state index in [0.717, 1.165) is 56.2 Å². The zero-order valence-electron chi connectivity index (χ0n) is 16.5. The number of nitrogens with one attached hydrogen (secondary N) is 1. The van der Waals surface area contributed by atoms with Crippen molar-refractivity contribution < 1.29 is 0 Å². The van der Waals surface area contributed by atoms with E-state index < -0.39 is 0 Å². The van der Waals surface area contributed by atoms with E-state index in [0.29, 0.717) is 18.4 Å². The lowest BCUT2D eigenvalue weighted by Crippen LogP contribution is -2.35. The first kappa shape index (κ1) is 18.5. The SMILES string of the molecule is CCNc1ncc(CN2CCCC(c3nnc(Cn4ccnc4)n3C)C2)cn1. The molecule has 1 N–H and O–H groups in total. The molecule has 0 saturated carbocycles. The first-order chi connectivity index (χ1) is 13.7. The Balaban J connectivity index is 1.40. The molecule has 4 heterocycles. The third kappa shape index (κ3) is 4.19. The summed E-state index contributed by atoms with van der Waals surface area (Å²) in [6.07, 6.45) is 11.7. The number of likely N-dealkylation sites (tertiary alicyclic amines) is 1. The van der Waals surface area contributed by atoms with Crippen LogP contribution in [0.15, 0.2) is 31.1 Å². The summed E-state index contributed by atoms with van der Waals surface area (Å²) in [4.78, 5) is 15.3. The zero-order chi connectivity index (χ0) is 19.3. The molecule has 0 aromatic carbocycles. The van der Waals surface area contributed by atoms with Crippen molar-refractivity contribution in [1.82, 2.24) is 39.2 Å². The van der Waals surface area contributed by atoms with E-state index in [2.05, 4.69) is 47.0 Å². The second-order valence-electron chi connectivity index (χ2n) is 7.29. The molecular weight excluding hydrogens is 354 g/mol. The average Bonchev–Trinajstić information content (AvgIpc) is 3.35. The van der Waals surface area contributed by atoms with Crippen LogP contribution in [0, 0.1) is 0 Å². The normalized spacial score (nSPS) is 17.7. The second kappa shape index (κ2) is 8.47. The Hall–Kier alpha value is -2.81. The van der Waals surface area contributed by atoms with E-state index in [-0.39, 0.29) is 0 Å². The van der Waals surface area contributed by atoms with Crippen LogP contribution in [0.3, 0.4) is 0 Å². The Labute approximate surface area is 164 Å². The fraction of sp³-hybridized carbons (Fsp3) is 0.526. The lowest BCUT2D eigenvalue weighted by molar-refractivity contribution is 0.194. The van der Waals surface area contributed by atoms with E-state index in [9.17, 15) is 0 Å². The van der Waals surface area contributed by atoms with E-state index in [1.165, 1.54) is 0 Å². The molecule has 0 bridgehead atoms. The van der Waals surface area contributed by atoms with E-state index in [1.807, 2.05) is 30.1 Å². The smallest absolute Gasteiger partial charge is 0.222 e. The van der Waals surface area contributed by atoms with Crippen LogP contribution in [-0.2, 0) is 20.1 Å². The van der Waals surface area contributed by atoms with Crippen LogP contribution in [0.4, 0.5) is 5.95 Å². The molecule has 28 heavy (non-hydrogen) atoms. The molecule has 0 spiro atoms. The van der Waals surface area contributed by atoms with Crippen molar-refractivity contribution in [1.29, 1.82) is 0 Å². The van der Waals surface area contributed by atoms with Gasteiger partial charge in [0.15, 0.2) is 5.82 Å². The molecule has 4 rings (SSSR count). The van der Waals surface area contributed by atoms with Gasteiger partial charge in [0.1, 0.15) is 5.82 Å². The molecule has 1 aliphatic rings. The van der Waals surface area contributed by atoms with Gasteiger partial charge < -0.3 is 14.5 Å². The Morgan fingerprint density at radius 3 is 2.79 bits per heavy atom. The molecule has 0 aliphatic carbocycles. The summed E-state index contributed by atoms with van der Waals surface area (Å²) < 4.78 is 4.15. The summed E-state index contributed by atoms with van der Waals surface area (Å²) in [6, 6.07) is 0. The number of hydrogen-bond acceptors (Lipinski definition) is 7. The molecule has 1 unspecified atom stereocenters. The van der Waals surface area contributed by atoms with Crippen LogP contribution in [0.1, 0.15) is 42.9 Å². The van der Waals surface area contributed by atoms with Crippen LogP contribution in [-0.4, -0.2) is 58.8 Å². The number of imidazole rings is 1. The van der Waals surface area contributed by atoms with Crippen molar-refractivity contribution in [2.24, 2.45) is 7.05 Å². The van der Waals surface area contributed by atoms with Crippen molar-refractivity contribution in [2.75, 3.05) is 25.0 Å². The Morgan fingerprint density at radius 2 is 2.04 bits per heavy atom. The standard InChI is InChI=1S/C19H27N9/c1-3-21-19-22-9-15(10-23-19)11-27-7-4-5-16(12-27)18-25-24-17(26(18)2)13-28-8-6-20-14-28/h6,8-10,14,16H,3-5,7,11-13H2,1-2H3,(H,21,22,23). The van der Waals surface area contributed by atoms with Gasteiger partial charge in [-0.3, -0.25) is 4.90 Å². The van der Waals surface area contributed by atoms with E-state index >= 15 is 0 Å². The summed E-state index contributed by atoms with van der Waals surface area (Å²) in [7, 11) is 2.06. The lowest BCUT2D eigenvalue weighted by atomic mass is 9.97. The maximum Gasteiger partial charge on any atom is 0.222 e. The number of hydrogen-bond donors (Lipinski definition) is 1. The number of aromatic nitrogens is 7. The van der Waals surface area contributed by atoms with Gasteiger partial charge in [0.05, 0.1) is 12.9 Å². The van der Waals surface area contributed by atoms with Crippen LogP contribution in [0.2, 0.25) is 0 Å². The molecule has 9 nitrogen and oxygen atoms in total. The summed E-state index contributed by atoms with van der Waals surface area (Å²) in [6.45, 7) is 6.49. The Bertz CT molecular complexity index is 869. The highest BCUT2D eigenvalue weighted by molar-refractivity contribution is 5.24. The zero-order valence-corrected chi connectivity index (χ0v) is 16.5. The number of anilines is 1. The largest absolute Gasteiger partial charge is 0.355 e. The molecule has 1 saturated heterocycles. The molecule has 0 amide bonds. The molecule has 0 radical (unpaired) electrons. The summed E-state index contributed by atoms with van der Waals surface area (Å²) >= 11 is 0. The maximum atomic E-state index is 4.51. The molecule has 148 valence electrons. The monoisotopic (exact) mass is 381 g/mol. The van der Waals surface area contributed by atoms with Gasteiger partial charge >= 0.3 is 0 Å². The van der Waals surface area contributed by atoms with Gasteiger partial charge in [0.2, 0.25) is 5.95 Å². The van der Waals surface area contributed by atoms with Crippen molar-refractivity contribution in [3.63, 3.8) is 0 Å².